The first-order valence-electron chi connectivity index (χ1n) is 7.05. The number of nitrogens with zero attached hydrogens (tertiary/aromatic N) is 2. The molecule has 0 aromatic heterocycles. The van der Waals surface area contributed by atoms with Crippen molar-refractivity contribution in [3.8, 4) is 12.1 Å². The smallest absolute Gasteiger partial charge is 0.318 e. The Morgan fingerprint density at radius 2 is 1.29 bits per heavy atom. The van der Waals surface area contributed by atoms with Gasteiger partial charge in [0.15, 0.2) is 0 Å². The molecule has 0 unspecified atom stereocenters. The topological polar surface area (TPSA) is 119 Å². The average molecular weight is 402 g/mol. The number of hydrogen-bond donors (Lipinski definition) is 0. The Morgan fingerprint density at radius 1 is 0.917 bits per heavy atom. The zero-order valence-electron chi connectivity index (χ0n) is 14.6. The minimum absolute atomic E-state index is 0. The Labute approximate surface area is 186 Å². The predicted molar refractivity (Wildman–Crippen MR) is 84.3 cm³/mol. The van der Waals surface area contributed by atoms with E-state index >= 15 is 0 Å². The Balaban J connectivity index is 0. The van der Waals surface area contributed by atoms with Crippen molar-refractivity contribution in [3.63, 3.8) is 0 Å². The van der Waals surface area contributed by atoms with Gasteiger partial charge in [0.1, 0.15) is 0 Å². The fraction of sp³-hybridized carbons (Fsp3) is 0.615. The van der Waals surface area contributed by atoms with Gasteiger partial charge in [-0.15, -0.1) is 5.82 Å². The molecule has 0 aromatic rings. The van der Waals surface area contributed by atoms with Crippen LogP contribution in [-0.4, -0.2) is 26.4 Å². The molecule has 8 nitrogen and oxygen atoms in total. The first-order valence-corrected chi connectivity index (χ1v) is 10.2. The number of nitriles is 2. The summed E-state index contributed by atoms with van der Waals surface area (Å²) in [5.41, 5.74) is 0. The van der Waals surface area contributed by atoms with Crippen LogP contribution in [0.4, 0.5) is 0 Å². The molecule has 0 saturated heterocycles. The summed E-state index contributed by atoms with van der Waals surface area (Å²) in [5.74, 6) is 0.350. The van der Waals surface area contributed by atoms with Crippen molar-refractivity contribution >= 4 is 15.2 Å². The third-order valence-corrected chi connectivity index (χ3v) is 6.42. The molecule has 0 aliphatic carbocycles. The van der Waals surface area contributed by atoms with Gasteiger partial charge in [-0.2, -0.15) is 0 Å². The third-order valence-electron chi connectivity index (χ3n) is 2.27. The van der Waals surface area contributed by atoms with Gasteiger partial charge in [0.2, 0.25) is 0 Å². The summed E-state index contributed by atoms with van der Waals surface area (Å²) in [6.07, 6.45) is 0. The quantitative estimate of drug-likeness (QED) is 0.285. The molecule has 0 bridgehead atoms. The summed E-state index contributed by atoms with van der Waals surface area (Å²) in [7, 11) is -7.83. The van der Waals surface area contributed by atoms with E-state index in [0.717, 1.165) is 5.82 Å². The summed E-state index contributed by atoms with van der Waals surface area (Å²) in [6.45, 7) is 6.48. The second-order valence-electron chi connectivity index (χ2n) is 3.82. The van der Waals surface area contributed by atoms with Crippen LogP contribution in [0, 0.1) is 28.6 Å². The normalized spacial score (nSPS) is 12.0. The molecule has 0 aliphatic heterocycles. The standard InChI is InChI=1S/C13H21N2O6P2.K/c1-5-18-22(16,19-6-2)11-13(12(9-14)10-15)23(17,20-7-3)21-8-4;/h11H,5-8H2,1-4H3;/q-1;+1/b13-11-;. The Bertz CT molecular complexity index is 550. The van der Waals surface area contributed by atoms with Crippen molar-refractivity contribution in [1.29, 1.82) is 10.5 Å². The van der Waals surface area contributed by atoms with Crippen LogP contribution in [0.2, 0.25) is 0 Å². The molecule has 0 spiro atoms. The summed E-state index contributed by atoms with van der Waals surface area (Å²) >= 11 is 0. The van der Waals surface area contributed by atoms with E-state index in [4.69, 9.17) is 28.6 Å². The molecule has 0 amide bonds. The summed E-state index contributed by atoms with van der Waals surface area (Å²) < 4.78 is 45.9. The van der Waals surface area contributed by atoms with E-state index in [1.807, 2.05) is 0 Å². The van der Waals surface area contributed by atoms with E-state index in [0.29, 0.717) is 0 Å². The van der Waals surface area contributed by atoms with Gasteiger partial charge < -0.3 is 18.1 Å². The molecular formula is C13H21KN2O6P2. The molecular weight excluding hydrogens is 381 g/mol. The molecule has 130 valence electrons. The molecule has 0 fully saturated rings. The average Bonchev–Trinajstić information content (AvgIpc) is 2.48. The van der Waals surface area contributed by atoms with Gasteiger partial charge in [-0.3, -0.25) is 9.13 Å². The van der Waals surface area contributed by atoms with Crippen LogP contribution in [0.25, 0.3) is 0 Å². The molecule has 0 radical (unpaired) electrons. The van der Waals surface area contributed by atoms with Crippen molar-refractivity contribution in [2.45, 2.75) is 27.7 Å². The zero-order chi connectivity index (χ0) is 17.9. The maximum Gasteiger partial charge on any atom is 1.00 e. The maximum absolute atomic E-state index is 12.9. The Kier molecular flexibility index (Phi) is 15.3. The van der Waals surface area contributed by atoms with Crippen molar-refractivity contribution in [2.75, 3.05) is 26.4 Å². The van der Waals surface area contributed by atoms with Crippen LogP contribution in [0.1, 0.15) is 27.7 Å². The second-order valence-corrected chi connectivity index (χ2v) is 7.67. The van der Waals surface area contributed by atoms with Gasteiger partial charge in [0.05, 0.1) is 26.4 Å². The largest absolute Gasteiger partial charge is 1.00 e. The van der Waals surface area contributed by atoms with Crippen molar-refractivity contribution < 1.29 is 78.6 Å². The minimum Gasteiger partial charge on any atom is -0.318 e. The second kappa shape index (κ2) is 13.7. The number of hydrogen-bond acceptors (Lipinski definition) is 8. The van der Waals surface area contributed by atoms with Crippen LogP contribution in [0.15, 0.2) is 11.1 Å². The zero-order valence-corrected chi connectivity index (χ0v) is 19.6. The molecule has 0 saturated carbocycles. The fourth-order valence-corrected chi connectivity index (χ4v) is 5.32. The maximum atomic E-state index is 12.9. The molecule has 0 rings (SSSR count). The van der Waals surface area contributed by atoms with Crippen LogP contribution in [-0.2, 0) is 27.2 Å². The van der Waals surface area contributed by atoms with Crippen LogP contribution in [0.5, 0.6) is 0 Å². The summed E-state index contributed by atoms with van der Waals surface area (Å²) in [4.78, 5) is 0. The molecule has 24 heavy (non-hydrogen) atoms. The van der Waals surface area contributed by atoms with Crippen molar-refractivity contribution in [2.24, 2.45) is 0 Å². The minimum atomic E-state index is -4.02. The third kappa shape index (κ3) is 8.27. The number of allylic oxidation sites excluding steroid dienone is 1. The fourth-order valence-electron chi connectivity index (χ4n) is 1.55. The van der Waals surface area contributed by atoms with Gasteiger partial charge >= 0.3 is 59.0 Å². The van der Waals surface area contributed by atoms with Crippen LogP contribution in [0.3, 0.4) is 0 Å². The van der Waals surface area contributed by atoms with E-state index in [1.165, 1.54) is 0 Å². The first-order chi connectivity index (χ1) is 10.9. The molecule has 0 aromatic carbocycles. The predicted octanol–water partition coefficient (Wildman–Crippen LogP) is 0.986. The summed E-state index contributed by atoms with van der Waals surface area (Å²) in [6, 6.07) is 3.21. The molecule has 0 heterocycles. The molecule has 0 aliphatic rings. The molecule has 0 atom stereocenters. The monoisotopic (exact) mass is 402 g/mol. The summed E-state index contributed by atoms with van der Waals surface area (Å²) in [5, 5.41) is 17.8. The Morgan fingerprint density at radius 3 is 1.58 bits per heavy atom. The van der Waals surface area contributed by atoms with E-state index in [2.05, 4.69) is 0 Å². The van der Waals surface area contributed by atoms with Gasteiger partial charge in [-0.05, 0) is 33.6 Å². The SMILES string of the molecule is CCOP(=O)(/C=C(/[C-](C#N)C#N)P(=O)(OCC)OCC)OCC.[K+]. The van der Waals surface area contributed by atoms with Crippen LogP contribution < -0.4 is 51.4 Å². The van der Waals surface area contributed by atoms with E-state index < -0.39 is 26.4 Å². The molecule has 11 heteroatoms. The van der Waals surface area contributed by atoms with E-state index in [-0.39, 0.29) is 77.8 Å². The van der Waals surface area contributed by atoms with Gasteiger partial charge in [0.25, 0.3) is 7.60 Å². The van der Waals surface area contributed by atoms with Gasteiger partial charge in [0, 0.05) is 12.1 Å². The van der Waals surface area contributed by atoms with Crippen molar-refractivity contribution in [1.82, 2.24) is 0 Å². The van der Waals surface area contributed by atoms with Crippen molar-refractivity contribution in [3.05, 3.63) is 17.0 Å². The molecule has 0 N–H and O–H groups in total. The Hall–Kier alpha value is 0.526. The first kappa shape index (κ1) is 26.8. The van der Waals surface area contributed by atoms with Gasteiger partial charge in [-0.1, -0.05) is 5.31 Å². The van der Waals surface area contributed by atoms with Gasteiger partial charge in [-0.25, -0.2) is 10.5 Å². The number of rotatable bonds is 11. The van der Waals surface area contributed by atoms with E-state index in [1.54, 1.807) is 39.8 Å². The van der Waals surface area contributed by atoms with E-state index in [9.17, 15) is 9.13 Å². The van der Waals surface area contributed by atoms with Crippen LogP contribution >= 0.6 is 15.2 Å².